The van der Waals surface area contributed by atoms with Crippen LogP contribution < -0.4 is 11.1 Å². The summed E-state index contributed by atoms with van der Waals surface area (Å²) in [6.45, 7) is 5.18. The van der Waals surface area contributed by atoms with E-state index in [4.69, 9.17) is 10.9 Å². The number of hydrogen-bond acceptors (Lipinski definition) is 5. The van der Waals surface area contributed by atoms with Crippen molar-refractivity contribution in [3.63, 3.8) is 0 Å². The maximum Gasteiger partial charge on any atom is 0.156 e. The van der Waals surface area contributed by atoms with Crippen LogP contribution >= 0.6 is 0 Å². The van der Waals surface area contributed by atoms with Gasteiger partial charge >= 0.3 is 0 Å². The first-order valence-electron chi connectivity index (χ1n) is 4.76. The van der Waals surface area contributed by atoms with Gasteiger partial charge in [-0.25, -0.2) is 0 Å². The Morgan fingerprint density at radius 3 is 3.13 bits per heavy atom. The Hall–Kier alpha value is -1.63. The zero-order chi connectivity index (χ0) is 11.3. The summed E-state index contributed by atoms with van der Waals surface area (Å²) in [7, 11) is 0. The van der Waals surface area contributed by atoms with Crippen molar-refractivity contribution in [3.05, 3.63) is 12.2 Å². The number of aromatic nitrogens is 3. The smallest absolute Gasteiger partial charge is 0.156 e. The molecule has 0 bridgehead atoms. The Morgan fingerprint density at radius 1 is 1.80 bits per heavy atom. The lowest BCUT2D eigenvalue weighted by Gasteiger charge is -2.11. The topological polar surface area (TPSA) is 101 Å². The summed E-state index contributed by atoms with van der Waals surface area (Å²) in [5.41, 5.74) is 5.42. The summed E-state index contributed by atoms with van der Waals surface area (Å²) < 4.78 is 1.92. The van der Waals surface area contributed by atoms with E-state index in [1.165, 1.54) is 0 Å². The third-order valence-electron chi connectivity index (χ3n) is 2.16. The lowest BCUT2D eigenvalue weighted by atomic mass is 10.3. The third kappa shape index (κ3) is 2.91. The standard InChI is InChI=1S/C8H16N6O/c1-3-14-5-11-12-7(14)4-10-6(2)8(9)13-15/h5-6,10,15H,3-4H2,1-2H3,(H2,9,13). The molecule has 0 aliphatic heterocycles. The predicted molar refractivity (Wildman–Crippen MR) is 55.4 cm³/mol. The third-order valence-corrected chi connectivity index (χ3v) is 2.16. The van der Waals surface area contributed by atoms with Crippen molar-refractivity contribution >= 4 is 5.84 Å². The number of amidine groups is 1. The zero-order valence-corrected chi connectivity index (χ0v) is 8.88. The van der Waals surface area contributed by atoms with E-state index >= 15 is 0 Å². The van der Waals surface area contributed by atoms with Gasteiger partial charge in [-0.3, -0.25) is 0 Å². The first kappa shape index (κ1) is 11.4. The molecular weight excluding hydrogens is 196 g/mol. The Labute approximate surface area is 88.0 Å². The molecule has 0 saturated heterocycles. The van der Waals surface area contributed by atoms with E-state index in [0.29, 0.717) is 6.54 Å². The van der Waals surface area contributed by atoms with E-state index in [0.717, 1.165) is 12.4 Å². The highest BCUT2D eigenvalue weighted by Gasteiger charge is 2.08. The Bertz CT molecular complexity index is 334. The van der Waals surface area contributed by atoms with Gasteiger partial charge in [0.1, 0.15) is 12.2 Å². The zero-order valence-electron chi connectivity index (χ0n) is 8.88. The fourth-order valence-electron chi connectivity index (χ4n) is 1.12. The van der Waals surface area contributed by atoms with Gasteiger partial charge in [0.2, 0.25) is 0 Å². The van der Waals surface area contributed by atoms with E-state index in [1.54, 1.807) is 6.33 Å². The van der Waals surface area contributed by atoms with Crippen molar-refractivity contribution in [2.24, 2.45) is 10.9 Å². The van der Waals surface area contributed by atoms with Crippen LogP contribution in [0.1, 0.15) is 19.7 Å². The Morgan fingerprint density at radius 2 is 2.53 bits per heavy atom. The van der Waals surface area contributed by atoms with Gasteiger partial charge in [0, 0.05) is 6.54 Å². The minimum absolute atomic E-state index is 0.151. The van der Waals surface area contributed by atoms with E-state index in [2.05, 4.69) is 20.7 Å². The van der Waals surface area contributed by atoms with Gasteiger partial charge < -0.3 is 20.8 Å². The maximum absolute atomic E-state index is 8.45. The quantitative estimate of drug-likeness (QED) is 0.265. The summed E-state index contributed by atoms with van der Waals surface area (Å²) in [5.74, 6) is 0.979. The number of nitrogens with zero attached hydrogens (tertiary/aromatic N) is 4. The number of rotatable bonds is 5. The van der Waals surface area contributed by atoms with E-state index < -0.39 is 0 Å². The molecule has 1 unspecified atom stereocenters. The predicted octanol–water partition coefficient (Wildman–Crippen LogP) is -0.477. The van der Waals surface area contributed by atoms with Crippen LogP contribution in [0.4, 0.5) is 0 Å². The molecular formula is C8H16N6O. The lowest BCUT2D eigenvalue weighted by Crippen LogP contribution is -2.39. The van der Waals surface area contributed by atoms with E-state index in [9.17, 15) is 0 Å². The highest BCUT2D eigenvalue weighted by atomic mass is 16.4. The van der Waals surface area contributed by atoms with Crippen molar-refractivity contribution in [3.8, 4) is 0 Å². The molecule has 0 amide bonds. The molecule has 0 saturated carbocycles. The van der Waals surface area contributed by atoms with Crippen LogP contribution in [0.3, 0.4) is 0 Å². The van der Waals surface area contributed by atoms with Crippen LogP contribution in [0.15, 0.2) is 11.5 Å². The second-order valence-corrected chi connectivity index (χ2v) is 3.16. The number of nitrogens with one attached hydrogen (secondary N) is 1. The van der Waals surface area contributed by atoms with Gasteiger partial charge in [-0.2, -0.15) is 0 Å². The number of oxime groups is 1. The van der Waals surface area contributed by atoms with Gasteiger partial charge in [-0.1, -0.05) is 5.16 Å². The second-order valence-electron chi connectivity index (χ2n) is 3.16. The molecule has 1 atom stereocenters. The Kier molecular flexibility index (Phi) is 4.04. The number of aryl methyl sites for hydroxylation is 1. The lowest BCUT2D eigenvalue weighted by molar-refractivity contribution is 0.315. The summed E-state index contributed by atoms with van der Waals surface area (Å²) in [5, 5.41) is 22.2. The molecule has 1 heterocycles. The molecule has 0 radical (unpaired) electrons. The molecule has 0 aliphatic rings. The molecule has 0 spiro atoms. The molecule has 1 aromatic heterocycles. The van der Waals surface area contributed by atoms with Gasteiger partial charge in [-0.15, -0.1) is 10.2 Å². The molecule has 4 N–H and O–H groups in total. The van der Waals surface area contributed by atoms with Crippen LogP contribution in [0, 0.1) is 0 Å². The maximum atomic E-state index is 8.45. The van der Waals surface area contributed by atoms with Gasteiger partial charge in [0.05, 0.1) is 12.6 Å². The monoisotopic (exact) mass is 212 g/mol. The highest BCUT2D eigenvalue weighted by Crippen LogP contribution is 1.95. The van der Waals surface area contributed by atoms with Crippen LogP contribution in [0.2, 0.25) is 0 Å². The van der Waals surface area contributed by atoms with Crippen molar-refractivity contribution in [2.75, 3.05) is 0 Å². The summed E-state index contributed by atoms with van der Waals surface area (Å²) in [6, 6.07) is -0.197. The number of hydrogen-bond donors (Lipinski definition) is 3. The molecule has 1 aromatic rings. The molecule has 15 heavy (non-hydrogen) atoms. The van der Waals surface area contributed by atoms with Crippen molar-refractivity contribution in [1.29, 1.82) is 0 Å². The Balaban J connectivity index is 2.50. The van der Waals surface area contributed by atoms with Crippen LogP contribution in [-0.2, 0) is 13.1 Å². The summed E-state index contributed by atoms with van der Waals surface area (Å²) in [4.78, 5) is 0. The average Bonchev–Trinajstić information content (AvgIpc) is 2.71. The summed E-state index contributed by atoms with van der Waals surface area (Å²) >= 11 is 0. The van der Waals surface area contributed by atoms with Crippen LogP contribution in [-0.4, -0.2) is 31.8 Å². The van der Waals surface area contributed by atoms with Gasteiger partial charge in [0.15, 0.2) is 5.84 Å². The van der Waals surface area contributed by atoms with Crippen molar-refractivity contribution < 1.29 is 5.21 Å². The minimum Gasteiger partial charge on any atom is -0.409 e. The van der Waals surface area contributed by atoms with Gasteiger partial charge in [-0.05, 0) is 13.8 Å². The fraction of sp³-hybridized carbons (Fsp3) is 0.625. The summed E-state index contributed by atoms with van der Waals surface area (Å²) in [6.07, 6.45) is 1.67. The molecule has 0 aliphatic carbocycles. The number of nitrogens with two attached hydrogens (primary N) is 1. The first-order chi connectivity index (χ1) is 7.19. The SMILES string of the molecule is CCn1cnnc1CNC(C)C(N)=NO. The second kappa shape index (κ2) is 5.30. The molecule has 1 rings (SSSR count). The molecule has 7 nitrogen and oxygen atoms in total. The first-order valence-corrected chi connectivity index (χ1v) is 4.76. The van der Waals surface area contributed by atoms with E-state index in [-0.39, 0.29) is 11.9 Å². The van der Waals surface area contributed by atoms with Crippen molar-refractivity contribution in [2.45, 2.75) is 33.0 Å². The van der Waals surface area contributed by atoms with Crippen LogP contribution in [0.25, 0.3) is 0 Å². The highest BCUT2D eigenvalue weighted by molar-refractivity contribution is 5.84. The molecule has 0 aromatic carbocycles. The average molecular weight is 212 g/mol. The largest absolute Gasteiger partial charge is 0.409 e. The molecule has 0 fully saturated rings. The fourth-order valence-corrected chi connectivity index (χ4v) is 1.12. The van der Waals surface area contributed by atoms with Crippen LogP contribution in [0.5, 0.6) is 0 Å². The normalized spacial score (nSPS) is 14.1. The minimum atomic E-state index is -0.197. The van der Waals surface area contributed by atoms with Gasteiger partial charge in [0.25, 0.3) is 0 Å². The van der Waals surface area contributed by atoms with Crippen molar-refractivity contribution in [1.82, 2.24) is 20.1 Å². The van der Waals surface area contributed by atoms with E-state index in [1.807, 2.05) is 18.4 Å². The molecule has 84 valence electrons. The molecule has 7 heteroatoms.